The summed E-state index contributed by atoms with van der Waals surface area (Å²) in [6, 6.07) is 13.2. The number of nitrogens with zero attached hydrogens (tertiary/aromatic N) is 1. The van der Waals surface area contributed by atoms with E-state index >= 15 is 0 Å². The molecular weight excluding hydrogens is 516 g/mol. The molecule has 208 valence electrons. The van der Waals surface area contributed by atoms with Crippen molar-refractivity contribution >= 4 is 0 Å². The monoisotopic (exact) mass is 547 g/mol. The van der Waals surface area contributed by atoms with Gasteiger partial charge in [-0.15, -0.1) is 0 Å². The van der Waals surface area contributed by atoms with Crippen LogP contribution in [0.1, 0.15) is 67.0 Å². The highest BCUT2D eigenvalue weighted by Crippen LogP contribution is 2.43. The summed E-state index contributed by atoms with van der Waals surface area (Å²) in [6.45, 7) is 9.75. The average Bonchev–Trinajstić information content (AvgIpc) is 2.88. The molecule has 0 fully saturated rings. The predicted molar refractivity (Wildman–Crippen MR) is 140 cm³/mol. The van der Waals surface area contributed by atoms with Crippen LogP contribution in [0.25, 0.3) is 11.1 Å². The topological polar surface area (TPSA) is 33.1 Å². The summed E-state index contributed by atoms with van der Waals surface area (Å²) in [5, 5.41) is 9.38. The quantitative estimate of drug-likeness (QED) is 0.249. The second-order valence-corrected chi connectivity index (χ2v) is 9.74. The molecule has 0 radical (unpaired) electrons. The molecule has 0 spiro atoms. The number of hydrogen-bond donors (Lipinski definition) is 1. The van der Waals surface area contributed by atoms with Crippen LogP contribution >= 0.6 is 0 Å². The third-order valence-electron chi connectivity index (χ3n) is 7.48. The maximum Gasteiger partial charge on any atom is 0.438 e. The molecule has 0 amide bonds. The molecule has 0 atom stereocenters. The van der Waals surface area contributed by atoms with Gasteiger partial charge in [0, 0.05) is 28.9 Å². The van der Waals surface area contributed by atoms with E-state index in [0.29, 0.717) is 18.4 Å². The second-order valence-electron chi connectivity index (χ2n) is 9.74. The Morgan fingerprint density at radius 2 is 1.33 bits per heavy atom. The summed E-state index contributed by atoms with van der Waals surface area (Å²) in [5.74, 6) is 2.96. The van der Waals surface area contributed by atoms with Crippen LogP contribution in [0.4, 0.5) is 26.3 Å². The Morgan fingerprint density at radius 1 is 0.769 bits per heavy atom. The third kappa shape index (κ3) is 5.69. The van der Waals surface area contributed by atoms with Crippen molar-refractivity contribution in [3.8, 4) is 23.0 Å². The highest BCUT2D eigenvalue weighted by molar-refractivity contribution is 5.68. The number of alkyl halides is 6. The third-order valence-corrected chi connectivity index (χ3v) is 7.48. The standard InChI is InChI=1S/C31H31F6NO/c1-6-22-17-24(19-38-18-22)27-12-11-26(16-21(27)5)28(7-2,8-3)25-10-9-23(20(4)15-25)13-14-29(39,30(32,33)34)31(35,36)37/h9-12,15-19,39H,6-8H2,1-5H3. The first-order chi connectivity index (χ1) is 18.1. The molecule has 3 rings (SSSR count). The van der Waals surface area contributed by atoms with Gasteiger partial charge in [0.2, 0.25) is 0 Å². The molecule has 0 bridgehead atoms. The fourth-order valence-electron chi connectivity index (χ4n) is 4.91. The van der Waals surface area contributed by atoms with E-state index in [2.05, 4.69) is 36.2 Å². The van der Waals surface area contributed by atoms with Gasteiger partial charge >= 0.3 is 18.0 Å². The zero-order valence-corrected chi connectivity index (χ0v) is 22.5. The molecular formula is C31H31F6NO. The van der Waals surface area contributed by atoms with Gasteiger partial charge < -0.3 is 5.11 Å². The van der Waals surface area contributed by atoms with Gasteiger partial charge in [0.1, 0.15) is 0 Å². The molecule has 2 aromatic carbocycles. The van der Waals surface area contributed by atoms with Crippen LogP contribution in [0.5, 0.6) is 0 Å². The van der Waals surface area contributed by atoms with Gasteiger partial charge in [-0.3, -0.25) is 4.98 Å². The molecule has 1 aromatic heterocycles. The number of halogens is 6. The summed E-state index contributed by atoms with van der Waals surface area (Å²) in [7, 11) is 0. The summed E-state index contributed by atoms with van der Waals surface area (Å²) in [6.07, 6.45) is -6.03. The zero-order chi connectivity index (χ0) is 29.2. The number of aromatic nitrogens is 1. The van der Waals surface area contributed by atoms with Gasteiger partial charge in [-0.1, -0.05) is 57.0 Å². The van der Waals surface area contributed by atoms with Gasteiger partial charge in [-0.05, 0) is 84.5 Å². The van der Waals surface area contributed by atoms with Crippen molar-refractivity contribution in [1.29, 1.82) is 0 Å². The lowest BCUT2D eigenvalue weighted by Gasteiger charge is -2.34. The van der Waals surface area contributed by atoms with Crippen LogP contribution in [-0.2, 0) is 11.8 Å². The second kappa shape index (κ2) is 11.1. The Morgan fingerprint density at radius 3 is 1.82 bits per heavy atom. The smallest absolute Gasteiger partial charge is 0.363 e. The fourth-order valence-corrected chi connectivity index (χ4v) is 4.91. The highest BCUT2D eigenvalue weighted by atomic mass is 19.4. The minimum Gasteiger partial charge on any atom is -0.363 e. The summed E-state index contributed by atoms with van der Waals surface area (Å²) in [4.78, 5) is 4.35. The number of hydrogen-bond acceptors (Lipinski definition) is 2. The van der Waals surface area contributed by atoms with Crippen LogP contribution in [0, 0.1) is 25.7 Å². The first-order valence-corrected chi connectivity index (χ1v) is 12.7. The molecule has 0 unspecified atom stereocenters. The van der Waals surface area contributed by atoms with E-state index in [1.54, 1.807) is 19.1 Å². The highest BCUT2D eigenvalue weighted by Gasteiger charge is 2.70. The SMILES string of the molecule is CCc1cncc(-c2ccc(C(CC)(CC)c3ccc(C#CC(O)(C(F)(F)F)C(F)(F)F)c(C)c3)cc2C)c1. The lowest BCUT2D eigenvalue weighted by Crippen LogP contribution is -2.55. The van der Waals surface area contributed by atoms with Crippen molar-refractivity contribution in [2.75, 3.05) is 0 Å². The largest absolute Gasteiger partial charge is 0.438 e. The van der Waals surface area contributed by atoms with Crippen LogP contribution < -0.4 is 0 Å². The van der Waals surface area contributed by atoms with Crippen LogP contribution in [0.15, 0.2) is 54.9 Å². The van der Waals surface area contributed by atoms with Gasteiger partial charge in [-0.25, -0.2) is 0 Å². The van der Waals surface area contributed by atoms with Gasteiger partial charge in [-0.2, -0.15) is 26.3 Å². The molecule has 2 nitrogen and oxygen atoms in total. The minimum atomic E-state index is -6.00. The van der Waals surface area contributed by atoms with E-state index < -0.39 is 23.4 Å². The van der Waals surface area contributed by atoms with E-state index in [4.69, 9.17) is 0 Å². The van der Waals surface area contributed by atoms with E-state index in [1.807, 2.05) is 39.1 Å². The fraction of sp³-hybridized carbons (Fsp3) is 0.387. The Labute approximate surface area is 225 Å². The number of aliphatic hydroxyl groups is 1. The van der Waals surface area contributed by atoms with Crippen molar-refractivity contribution in [1.82, 2.24) is 4.98 Å². The Hall–Kier alpha value is -3.31. The number of benzene rings is 2. The molecule has 0 saturated heterocycles. The Bertz CT molecular complexity index is 1380. The predicted octanol–water partition coefficient (Wildman–Crippen LogP) is 8.24. The lowest BCUT2D eigenvalue weighted by atomic mass is 9.69. The number of aryl methyl sites for hydroxylation is 3. The van der Waals surface area contributed by atoms with Crippen molar-refractivity contribution in [3.05, 3.63) is 88.2 Å². The number of rotatable bonds is 6. The molecule has 1 heterocycles. The average molecular weight is 548 g/mol. The van der Waals surface area contributed by atoms with Crippen molar-refractivity contribution < 1.29 is 31.4 Å². The van der Waals surface area contributed by atoms with Gasteiger partial charge in [0.05, 0.1) is 0 Å². The molecule has 1 N–H and O–H groups in total. The number of pyridine rings is 1. The van der Waals surface area contributed by atoms with Crippen molar-refractivity contribution in [2.45, 2.75) is 77.2 Å². The molecule has 0 aliphatic heterocycles. The van der Waals surface area contributed by atoms with E-state index in [-0.39, 0.29) is 5.56 Å². The minimum absolute atomic E-state index is 0.0263. The van der Waals surface area contributed by atoms with Gasteiger partial charge in [0.15, 0.2) is 0 Å². The van der Waals surface area contributed by atoms with Gasteiger partial charge in [0.25, 0.3) is 0 Å². The molecule has 3 aromatic rings. The maximum atomic E-state index is 13.0. The van der Waals surface area contributed by atoms with Crippen LogP contribution in [0.3, 0.4) is 0 Å². The Balaban J connectivity index is 2.06. The first kappa shape index (κ1) is 30.2. The maximum absolute atomic E-state index is 13.0. The summed E-state index contributed by atoms with van der Waals surface area (Å²) >= 11 is 0. The lowest BCUT2D eigenvalue weighted by molar-refractivity contribution is -0.343. The van der Waals surface area contributed by atoms with E-state index in [0.717, 1.165) is 45.7 Å². The van der Waals surface area contributed by atoms with E-state index in [1.165, 1.54) is 6.07 Å². The summed E-state index contributed by atoms with van der Waals surface area (Å²) in [5.41, 5.74) is 1.03. The van der Waals surface area contributed by atoms with Crippen LogP contribution in [0.2, 0.25) is 0 Å². The normalized spacial score (nSPS) is 12.7. The molecule has 0 aliphatic rings. The molecule has 0 aliphatic carbocycles. The zero-order valence-electron chi connectivity index (χ0n) is 22.5. The summed E-state index contributed by atoms with van der Waals surface area (Å²) < 4.78 is 78.2. The van der Waals surface area contributed by atoms with Crippen LogP contribution in [-0.4, -0.2) is 28.0 Å². The first-order valence-electron chi connectivity index (χ1n) is 12.7. The molecule has 0 saturated carbocycles. The van der Waals surface area contributed by atoms with E-state index in [9.17, 15) is 31.4 Å². The Kier molecular flexibility index (Phi) is 8.57. The molecule has 8 heteroatoms. The van der Waals surface area contributed by atoms with Crippen molar-refractivity contribution in [2.24, 2.45) is 0 Å². The van der Waals surface area contributed by atoms with Crippen molar-refractivity contribution in [3.63, 3.8) is 0 Å². The molecule has 39 heavy (non-hydrogen) atoms.